The molecular formula is C18H31O3Si2. The fraction of sp³-hybridized carbons (Fsp3) is 0.778. The number of hydrogen-bond acceptors (Lipinski definition) is 3. The van der Waals surface area contributed by atoms with E-state index in [2.05, 4.69) is 39.5 Å². The van der Waals surface area contributed by atoms with Crippen LogP contribution in [-0.2, 0) is 13.3 Å². The molecule has 0 aromatic heterocycles. The van der Waals surface area contributed by atoms with E-state index in [0.717, 1.165) is 12.8 Å². The standard InChI is InChI=1S/C18H31O3Si2/c1-10-17(7,12-15(3)4)20-22-14-23(19-9)21-18(8,11-2)13-16(5)6/h1-2,15-16H,12-14H2,3-9H3. The van der Waals surface area contributed by atoms with Crippen molar-refractivity contribution in [1.82, 2.24) is 0 Å². The molecule has 0 rings (SSSR count). The summed E-state index contributed by atoms with van der Waals surface area (Å²) < 4.78 is 17.6. The van der Waals surface area contributed by atoms with Crippen LogP contribution in [0.3, 0.4) is 0 Å². The molecule has 0 fully saturated rings. The Morgan fingerprint density at radius 2 is 1.48 bits per heavy atom. The molecule has 129 valence electrons. The molecule has 23 heavy (non-hydrogen) atoms. The Morgan fingerprint density at radius 1 is 1.00 bits per heavy atom. The van der Waals surface area contributed by atoms with Crippen molar-refractivity contribution in [3.63, 3.8) is 0 Å². The summed E-state index contributed by atoms with van der Waals surface area (Å²) in [7, 11) is 0.431. The van der Waals surface area contributed by atoms with Crippen LogP contribution in [0.1, 0.15) is 54.4 Å². The van der Waals surface area contributed by atoms with Gasteiger partial charge in [0, 0.05) is 12.8 Å². The molecule has 0 saturated heterocycles. The predicted octanol–water partition coefficient (Wildman–Crippen LogP) is 3.61. The van der Waals surface area contributed by atoms with Gasteiger partial charge in [0.1, 0.15) is 11.2 Å². The maximum Gasteiger partial charge on any atom is 0.384 e. The van der Waals surface area contributed by atoms with Crippen LogP contribution >= 0.6 is 0 Å². The summed E-state index contributed by atoms with van der Waals surface area (Å²) in [5.41, 5.74) is -0.400. The molecule has 3 radical (unpaired) electrons. The maximum absolute atomic E-state index is 6.10. The SMILES string of the molecule is C#CC(C)(CC(C)C)O[Si]C[Si](OC)OC(C)(C#C)CC(C)C. The molecule has 0 aromatic rings. The largest absolute Gasteiger partial charge is 0.402 e. The Kier molecular flexibility index (Phi) is 10.1. The third kappa shape index (κ3) is 9.34. The lowest BCUT2D eigenvalue weighted by Crippen LogP contribution is -2.39. The number of rotatable bonds is 11. The van der Waals surface area contributed by atoms with Crippen molar-refractivity contribution in [2.24, 2.45) is 11.8 Å². The van der Waals surface area contributed by atoms with Crippen LogP contribution in [0.25, 0.3) is 0 Å². The molecule has 0 saturated carbocycles. The van der Waals surface area contributed by atoms with Gasteiger partial charge in [-0.3, -0.25) is 0 Å². The van der Waals surface area contributed by atoms with Gasteiger partial charge in [-0.05, 0) is 38.5 Å². The van der Waals surface area contributed by atoms with Crippen LogP contribution in [0.2, 0.25) is 5.67 Å². The summed E-state index contributed by atoms with van der Waals surface area (Å²) in [4.78, 5) is 0. The van der Waals surface area contributed by atoms with E-state index in [9.17, 15) is 0 Å². The zero-order chi connectivity index (χ0) is 18.1. The third-order valence-electron chi connectivity index (χ3n) is 3.29. The first-order valence-corrected chi connectivity index (χ1v) is 10.7. The minimum Gasteiger partial charge on any atom is -0.402 e. The molecular weight excluding hydrogens is 320 g/mol. The highest BCUT2D eigenvalue weighted by Gasteiger charge is 2.31. The van der Waals surface area contributed by atoms with E-state index in [-0.39, 0.29) is 9.76 Å². The van der Waals surface area contributed by atoms with E-state index < -0.39 is 20.5 Å². The molecule has 0 heterocycles. The van der Waals surface area contributed by atoms with E-state index in [1.807, 2.05) is 13.8 Å². The van der Waals surface area contributed by atoms with Crippen LogP contribution in [-0.4, -0.2) is 37.4 Å². The van der Waals surface area contributed by atoms with Crippen LogP contribution < -0.4 is 0 Å². The fourth-order valence-corrected chi connectivity index (χ4v) is 5.29. The van der Waals surface area contributed by atoms with Crippen molar-refractivity contribution in [2.45, 2.75) is 71.3 Å². The Balaban J connectivity index is 4.56. The van der Waals surface area contributed by atoms with Gasteiger partial charge in [-0.1, -0.05) is 39.5 Å². The second kappa shape index (κ2) is 10.3. The highest BCUT2D eigenvalue weighted by molar-refractivity contribution is 6.58. The van der Waals surface area contributed by atoms with Gasteiger partial charge < -0.3 is 13.3 Å². The molecule has 0 aliphatic carbocycles. The summed E-state index contributed by atoms with van der Waals surface area (Å²) in [6.07, 6.45) is 12.9. The van der Waals surface area contributed by atoms with Crippen molar-refractivity contribution < 1.29 is 13.3 Å². The van der Waals surface area contributed by atoms with E-state index in [1.54, 1.807) is 7.11 Å². The molecule has 0 amide bonds. The average molecular weight is 352 g/mol. The van der Waals surface area contributed by atoms with Crippen LogP contribution in [0.4, 0.5) is 0 Å². The van der Waals surface area contributed by atoms with Gasteiger partial charge in [0.2, 0.25) is 9.76 Å². The van der Waals surface area contributed by atoms with E-state index in [4.69, 9.17) is 26.1 Å². The zero-order valence-corrected chi connectivity index (χ0v) is 17.7. The molecule has 5 heteroatoms. The highest BCUT2D eigenvalue weighted by Crippen LogP contribution is 2.23. The Hall–Kier alpha value is -0.566. The summed E-state index contributed by atoms with van der Waals surface area (Å²) >= 11 is 0. The Bertz CT molecular complexity index is 425. The third-order valence-corrected chi connectivity index (χ3v) is 6.75. The van der Waals surface area contributed by atoms with Gasteiger partial charge in [0.15, 0.2) is 0 Å². The zero-order valence-electron chi connectivity index (χ0n) is 15.7. The minimum absolute atomic E-state index is 0.244. The molecule has 0 aliphatic rings. The van der Waals surface area contributed by atoms with Gasteiger partial charge in [-0.2, -0.15) is 0 Å². The van der Waals surface area contributed by atoms with Crippen molar-refractivity contribution in [3.05, 3.63) is 0 Å². The topological polar surface area (TPSA) is 27.7 Å². The first kappa shape index (κ1) is 22.4. The maximum atomic E-state index is 6.10. The van der Waals surface area contributed by atoms with E-state index >= 15 is 0 Å². The summed E-state index contributed by atoms with van der Waals surface area (Å²) in [5, 5.41) is 0. The monoisotopic (exact) mass is 351 g/mol. The second-order valence-corrected chi connectivity index (χ2v) is 10.3. The minimum atomic E-state index is -1.48. The van der Waals surface area contributed by atoms with Gasteiger partial charge in [0.25, 0.3) is 0 Å². The summed E-state index contributed by atoms with van der Waals surface area (Å²) in [6.45, 7) is 12.5. The summed E-state index contributed by atoms with van der Waals surface area (Å²) in [5.74, 6) is 6.49. The number of terminal acetylenes is 2. The van der Waals surface area contributed by atoms with Gasteiger partial charge in [-0.25, -0.2) is 0 Å². The predicted molar refractivity (Wildman–Crippen MR) is 98.9 cm³/mol. The molecule has 0 bridgehead atoms. The molecule has 0 N–H and O–H groups in total. The molecule has 0 aromatic carbocycles. The smallest absolute Gasteiger partial charge is 0.384 e. The normalized spacial score (nSPS) is 16.9. The molecule has 2 unspecified atom stereocenters. The average Bonchev–Trinajstić information content (AvgIpc) is 2.44. The first-order valence-electron chi connectivity index (χ1n) is 8.05. The lowest BCUT2D eigenvalue weighted by Gasteiger charge is -2.30. The van der Waals surface area contributed by atoms with Gasteiger partial charge >= 0.3 is 9.28 Å². The highest BCUT2D eigenvalue weighted by atomic mass is 28.3. The van der Waals surface area contributed by atoms with Crippen LogP contribution in [0.5, 0.6) is 0 Å². The van der Waals surface area contributed by atoms with Crippen molar-refractivity contribution >= 4 is 19.0 Å². The molecule has 0 aliphatic heterocycles. The molecule has 2 atom stereocenters. The van der Waals surface area contributed by atoms with Gasteiger partial charge in [0.05, 0.1) is 0 Å². The van der Waals surface area contributed by atoms with Crippen molar-refractivity contribution in [3.8, 4) is 24.7 Å². The van der Waals surface area contributed by atoms with Gasteiger partial charge in [-0.15, -0.1) is 12.8 Å². The van der Waals surface area contributed by atoms with E-state index in [0.29, 0.717) is 17.5 Å². The van der Waals surface area contributed by atoms with Crippen molar-refractivity contribution in [1.29, 1.82) is 0 Å². The summed E-state index contributed by atoms with van der Waals surface area (Å²) in [6, 6.07) is 0. The fourth-order valence-electron chi connectivity index (χ4n) is 2.47. The lowest BCUT2D eigenvalue weighted by atomic mass is 9.95. The molecule has 0 spiro atoms. The molecule has 3 nitrogen and oxygen atoms in total. The first-order chi connectivity index (χ1) is 10.6. The van der Waals surface area contributed by atoms with Crippen LogP contribution in [0, 0.1) is 36.5 Å². The Labute approximate surface area is 147 Å². The Morgan fingerprint density at radius 3 is 1.87 bits per heavy atom. The van der Waals surface area contributed by atoms with Crippen LogP contribution in [0.15, 0.2) is 0 Å². The lowest BCUT2D eigenvalue weighted by molar-refractivity contribution is 0.0892. The second-order valence-electron chi connectivity index (χ2n) is 7.05. The van der Waals surface area contributed by atoms with E-state index in [1.165, 1.54) is 0 Å². The van der Waals surface area contributed by atoms with Crippen molar-refractivity contribution in [2.75, 3.05) is 7.11 Å². The quantitative estimate of drug-likeness (QED) is 0.420. The number of hydrogen-bond donors (Lipinski definition) is 0.